The highest BCUT2D eigenvalue weighted by Crippen LogP contribution is 2.21. The van der Waals surface area contributed by atoms with E-state index < -0.39 is 0 Å². The van der Waals surface area contributed by atoms with Gasteiger partial charge < -0.3 is 4.90 Å². The first-order valence-electron chi connectivity index (χ1n) is 5.50. The third-order valence-corrected chi connectivity index (χ3v) is 2.83. The second kappa shape index (κ2) is 4.92. The van der Waals surface area contributed by atoms with Crippen molar-refractivity contribution < 1.29 is 4.79 Å². The molecule has 1 heterocycles. The summed E-state index contributed by atoms with van der Waals surface area (Å²) in [5.74, 6) is 1.30. The van der Waals surface area contributed by atoms with Gasteiger partial charge in [0.2, 0.25) is 5.91 Å². The number of aromatic amines is 1. The van der Waals surface area contributed by atoms with E-state index in [1.165, 1.54) is 6.33 Å². The molecule has 1 amide bonds. The lowest BCUT2D eigenvalue weighted by Gasteiger charge is -2.17. The average molecular weight is 220 g/mol. The number of hydrogen-bond acceptors (Lipinski definition) is 3. The summed E-state index contributed by atoms with van der Waals surface area (Å²) in [5, 5.41) is 6.50. The van der Waals surface area contributed by atoms with Gasteiger partial charge in [0.05, 0.1) is 6.54 Å². The number of hydrogen-bond donors (Lipinski definition) is 1. The Morgan fingerprint density at radius 2 is 2.56 bits per heavy atom. The van der Waals surface area contributed by atoms with E-state index in [9.17, 15) is 4.79 Å². The molecule has 0 unspecified atom stereocenters. The molecule has 1 aromatic heterocycles. The number of H-pyrrole nitrogens is 1. The Morgan fingerprint density at radius 1 is 1.69 bits per heavy atom. The highest BCUT2D eigenvalue weighted by molar-refractivity contribution is 5.76. The molecule has 1 aliphatic carbocycles. The summed E-state index contributed by atoms with van der Waals surface area (Å²) in [6.45, 7) is 0.495. The van der Waals surface area contributed by atoms with Crippen molar-refractivity contribution in [1.29, 1.82) is 0 Å². The second-order valence-corrected chi connectivity index (χ2v) is 4.15. The smallest absolute Gasteiger partial charge is 0.223 e. The molecule has 0 aromatic carbocycles. The Kier molecular flexibility index (Phi) is 3.34. The Balaban J connectivity index is 1.82. The van der Waals surface area contributed by atoms with Crippen molar-refractivity contribution in [3.05, 3.63) is 24.3 Å². The van der Waals surface area contributed by atoms with Gasteiger partial charge in [0, 0.05) is 13.5 Å². The predicted molar refractivity (Wildman–Crippen MR) is 59.3 cm³/mol. The molecular weight excluding hydrogens is 204 g/mol. The number of nitrogens with zero attached hydrogens (tertiary/aromatic N) is 3. The summed E-state index contributed by atoms with van der Waals surface area (Å²) in [7, 11) is 1.80. The van der Waals surface area contributed by atoms with Gasteiger partial charge in [-0.25, -0.2) is 4.98 Å². The quantitative estimate of drug-likeness (QED) is 0.773. The van der Waals surface area contributed by atoms with Gasteiger partial charge in [-0.3, -0.25) is 9.89 Å². The highest BCUT2D eigenvalue weighted by atomic mass is 16.2. The maximum Gasteiger partial charge on any atom is 0.223 e. The van der Waals surface area contributed by atoms with Gasteiger partial charge in [-0.15, -0.1) is 0 Å². The fourth-order valence-corrected chi connectivity index (χ4v) is 1.87. The number of nitrogens with one attached hydrogen (secondary N) is 1. The van der Waals surface area contributed by atoms with Crippen LogP contribution in [-0.2, 0) is 11.3 Å². The summed E-state index contributed by atoms with van der Waals surface area (Å²) >= 11 is 0. The van der Waals surface area contributed by atoms with Crippen molar-refractivity contribution >= 4 is 5.91 Å². The van der Waals surface area contributed by atoms with Crippen LogP contribution in [0.1, 0.15) is 25.1 Å². The third-order valence-electron chi connectivity index (χ3n) is 2.83. The van der Waals surface area contributed by atoms with E-state index in [0.717, 1.165) is 18.7 Å². The van der Waals surface area contributed by atoms with Crippen LogP contribution in [0.2, 0.25) is 0 Å². The molecule has 1 N–H and O–H groups in total. The third kappa shape index (κ3) is 2.68. The van der Waals surface area contributed by atoms with Crippen LogP contribution in [0, 0.1) is 5.92 Å². The van der Waals surface area contributed by atoms with Crippen molar-refractivity contribution in [2.24, 2.45) is 5.92 Å². The summed E-state index contributed by atoms with van der Waals surface area (Å²) in [6.07, 6.45) is 8.54. The minimum atomic E-state index is 0.160. The molecule has 0 radical (unpaired) electrons. The van der Waals surface area contributed by atoms with Crippen LogP contribution in [0.5, 0.6) is 0 Å². The molecule has 1 atom stereocenters. The summed E-state index contributed by atoms with van der Waals surface area (Å²) < 4.78 is 0. The van der Waals surface area contributed by atoms with Gasteiger partial charge in [-0.2, -0.15) is 5.10 Å². The molecular formula is C11H16N4O. The van der Waals surface area contributed by atoms with Crippen LogP contribution in [0.25, 0.3) is 0 Å². The number of aromatic nitrogens is 3. The fourth-order valence-electron chi connectivity index (χ4n) is 1.87. The van der Waals surface area contributed by atoms with Crippen LogP contribution in [0.4, 0.5) is 0 Å². The molecule has 86 valence electrons. The molecule has 1 aromatic rings. The Morgan fingerprint density at radius 3 is 3.19 bits per heavy atom. The second-order valence-electron chi connectivity index (χ2n) is 4.15. The number of amides is 1. The molecule has 1 aliphatic rings. The molecule has 5 heteroatoms. The molecule has 0 saturated heterocycles. The first-order chi connectivity index (χ1) is 7.75. The van der Waals surface area contributed by atoms with E-state index in [2.05, 4.69) is 27.3 Å². The predicted octanol–water partition coefficient (Wildman–Crippen LogP) is 1.12. The molecule has 2 rings (SSSR count). The number of rotatable bonds is 4. The molecule has 0 aliphatic heterocycles. The number of carbonyl (C=O) groups excluding carboxylic acids is 1. The molecule has 0 saturated carbocycles. The first kappa shape index (κ1) is 10.9. The standard InChI is InChI=1S/C11H16N4O/c1-15(7-10-12-8-13-14-10)11(16)6-9-4-2-3-5-9/h2,4,8-9H,3,5-7H2,1H3,(H,12,13,14)/t9-/m1/s1. The SMILES string of the molecule is CN(Cc1ncn[nH]1)C(=O)C[C@@H]1C=CCC1. The van der Waals surface area contributed by atoms with Crippen molar-refractivity contribution in [1.82, 2.24) is 20.1 Å². The lowest BCUT2D eigenvalue weighted by Crippen LogP contribution is -2.27. The van der Waals surface area contributed by atoms with E-state index in [-0.39, 0.29) is 5.91 Å². The van der Waals surface area contributed by atoms with E-state index >= 15 is 0 Å². The zero-order chi connectivity index (χ0) is 11.4. The van der Waals surface area contributed by atoms with Crippen LogP contribution in [0.3, 0.4) is 0 Å². The van der Waals surface area contributed by atoms with E-state index in [1.807, 2.05) is 0 Å². The zero-order valence-corrected chi connectivity index (χ0v) is 9.39. The van der Waals surface area contributed by atoms with Crippen LogP contribution >= 0.6 is 0 Å². The number of allylic oxidation sites excluding steroid dienone is 2. The van der Waals surface area contributed by atoms with E-state index in [4.69, 9.17) is 0 Å². The van der Waals surface area contributed by atoms with Crippen molar-refractivity contribution in [3.63, 3.8) is 0 Å². The van der Waals surface area contributed by atoms with Gasteiger partial charge >= 0.3 is 0 Å². The first-order valence-corrected chi connectivity index (χ1v) is 5.50. The summed E-state index contributed by atoms with van der Waals surface area (Å²) in [4.78, 5) is 17.5. The maximum absolute atomic E-state index is 11.9. The van der Waals surface area contributed by atoms with Gasteiger partial charge in [-0.05, 0) is 18.8 Å². The Bertz CT molecular complexity index is 371. The van der Waals surface area contributed by atoms with Gasteiger partial charge in [0.1, 0.15) is 12.2 Å². The zero-order valence-electron chi connectivity index (χ0n) is 9.39. The van der Waals surface area contributed by atoms with E-state index in [0.29, 0.717) is 18.9 Å². The fraction of sp³-hybridized carbons (Fsp3) is 0.545. The van der Waals surface area contributed by atoms with Crippen LogP contribution in [-0.4, -0.2) is 33.0 Å². The van der Waals surface area contributed by atoms with Gasteiger partial charge in [0.15, 0.2) is 0 Å². The minimum Gasteiger partial charge on any atom is -0.338 e. The molecule has 0 bridgehead atoms. The summed E-state index contributed by atoms with van der Waals surface area (Å²) in [5.41, 5.74) is 0. The monoisotopic (exact) mass is 220 g/mol. The van der Waals surface area contributed by atoms with Crippen LogP contribution in [0.15, 0.2) is 18.5 Å². The van der Waals surface area contributed by atoms with Gasteiger partial charge in [-0.1, -0.05) is 12.2 Å². The highest BCUT2D eigenvalue weighted by Gasteiger charge is 2.17. The van der Waals surface area contributed by atoms with Crippen molar-refractivity contribution in [2.45, 2.75) is 25.8 Å². The Hall–Kier alpha value is -1.65. The van der Waals surface area contributed by atoms with Crippen LogP contribution < -0.4 is 0 Å². The van der Waals surface area contributed by atoms with Gasteiger partial charge in [0.25, 0.3) is 0 Å². The molecule has 0 spiro atoms. The molecule has 0 fully saturated rings. The summed E-state index contributed by atoms with van der Waals surface area (Å²) in [6, 6.07) is 0. The van der Waals surface area contributed by atoms with Crippen molar-refractivity contribution in [2.75, 3.05) is 7.05 Å². The minimum absolute atomic E-state index is 0.160. The molecule has 5 nitrogen and oxygen atoms in total. The lowest BCUT2D eigenvalue weighted by atomic mass is 10.0. The average Bonchev–Trinajstić information content (AvgIpc) is 2.90. The maximum atomic E-state index is 11.9. The van der Waals surface area contributed by atoms with E-state index in [1.54, 1.807) is 11.9 Å². The largest absolute Gasteiger partial charge is 0.338 e. The molecule has 16 heavy (non-hydrogen) atoms. The lowest BCUT2D eigenvalue weighted by molar-refractivity contribution is -0.131. The topological polar surface area (TPSA) is 61.9 Å². The van der Waals surface area contributed by atoms with Crippen molar-refractivity contribution in [3.8, 4) is 0 Å². The number of carbonyl (C=O) groups is 1. The Labute approximate surface area is 94.6 Å². The normalized spacial score (nSPS) is 18.9.